The second-order valence-electron chi connectivity index (χ2n) is 5.43. The highest BCUT2D eigenvalue weighted by Gasteiger charge is 2.16. The van der Waals surface area contributed by atoms with E-state index in [9.17, 15) is 9.59 Å². The fourth-order valence-electron chi connectivity index (χ4n) is 2.39. The van der Waals surface area contributed by atoms with Crippen molar-refractivity contribution in [3.8, 4) is 0 Å². The molecule has 0 fully saturated rings. The molecule has 2 N–H and O–H groups in total. The Balaban J connectivity index is 1.90. The number of amides is 1. The maximum Gasteiger partial charge on any atom is 0.303 e. The Bertz CT molecular complexity index is 610. The number of aliphatic carboxylic acids is 1. The summed E-state index contributed by atoms with van der Waals surface area (Å²) < 4.78 is 0. The van der Waals surface area contributed by atoms with Gasteiger partial charge in [-0.15, -0.1) is 11.3 Å². The molecule has 2 aromatic rings. The molecule has 1 heterocycles. The zero-order valence-electron chi connectivity index (χ0n) is 12.9. The van der Waals surface area contributed by atoms with Crippen LogP contribution < -0.4 is 5.32 Å². The average molecular weight is 331 g/mol. The van der Waals surface area contributed by atoms with Crippen LogP contribution in [0.4, 0.5) is 0 Å². The molecule has 2 rings (SSSR count). The lowest BCUT2D eigenvalue weighted by Crippen LogP contribution is -2.29. The first-order valence-corrected chi connectivity index (χ1v) is 8.61. The second-order valence-corrected chi connectivity index (χ2v) is 6.41. The van der Waals surface area contributed by atoms with Gasteiger partial charge in [0.1, 0.15) is 0 Å². The molecule has 0 aliphatic heterocycles. The van der Waals surface area contributed by atoms with E-state index in [-0.39, 0.29) is 18.4 Å². The molecule has 1 unspecified atom stereocenters. The van der Waals surface area contributed by atoms with Crippen LogP contribution in [0, 0.1) is 0 Å². The quantitative estimate of drug-likeness (QED) is 0.687. The maximum atomic E-state index is 12.1. The average Bonchev–Trinajstić information content (AvgIpc) is 3.06. The third kappa shape index (κ3) is 6.24. The van der Waals surface area contributed by atoms with Crippen molar-refractivity contribution < 1.29 is 14.7 Å². The Morgan fingerprint density at radius 3 is 2.43 bits per heavy atom. The third-order valence-electron chi connectivity index (χ3n) is 3.55. The van der Waals surface area contributed by atoms with Gasteiger partial charge in [-0.3, -0.25) is 9.59 Å². The molecule has 1 atom stereocenters. The largest absolute Gasteiger partial charge is 0.481 e. The standard InChI is InChI=1S/C18H21NO3S/c20-17(10-4-5-11-18(21)22)19-15(16-9-6-12-23-16)13-14-7-2-1-3-8-14/h1-3,6-9,12,15H,4-5,10-11,13H2,(H,19,20)(H,21,22). The van der Waals surface area contributed by atoms with E-state index in [1.165, 1.54) is 5.56 Å². The van der Waals surface area contributed by atoms with Crippen molar-refractivity contribution in [2.45, 2.75) is 38.1 Å². The number of hydrogen-bond donors (Lipinski definition) is 2. The summed E-state index contributed by atoms with van der Waals surface area (Å²) in [7, 11) is 0. The lowest BCUT2D eigenvalue weighted by atomic mass is 10.0. The summed E-state index contributed by atoms with van der Waals surface area (Å²) in [6.07, 6.45) is 2.36. The summed E-state index contributed by atoms with van der Waals surface area (Å²) in [6, 6.07) is 14.1. The molecule has 4 nitrogen and oxygen atoms in total. The van der Waals surface area contributed by atoms with E-state index < -0.39 is 5.97 Å². The Hall–Kier alpha value is -2.14. The first kappa shape index (κ1) is 17.2. The van der Waals surface area contributed by atoms with Crippen molar-refractivity contribution in [3.63, 3.8) is 0 Å². The molecular weight excluding hydrogens is 310 g/mol. The number of hydrogen-bond acceptors (Lipinski definition) is 3. The highest BCUT2D eigenvalue weighted by molar-refractivity contribution is 7.10. The van der Waals surface area contributed by atoms with E-state index in [2.05, 4.69) is 17.4 Å². The van der Waals surface area contributed by atoms with Gasteiger partial charge in [0.05, 0.1) is 6.04 Å². The Kier molecular flexibility index (Phi) is 6.81. The topological polar surface area (TPSA) is 66.4 Å². The first-order chi connectivity index (χ1) is 11.1. The van der Waals surface area contributed by atoms with Gasteiger partial charge in [0.15, 0.2) is 0 Å². The predicted molar refractivity (Wildman–Crippen MR) is 91.5 cm³/mol. The smallest absolute Gasteiger partial charge is 0.303 e. The number of nitrogens with one attached hydrogen (secondary N) is 1. The molecular formula is C18H21NO3S. The number of carboxylic acids is 1. The molecule has 0 aliphatic rings. The van der Waals surface area contributed by atoms with E-state index >= 15 is 0 Å². The Morgan fingerprint density at radius 1 is 1.04 bits per heavy atom. The van der Waals surface area contributed by atoms with Crippen LogP contribution in [0.1, 0.15) is 42.2 Å². The van der Waals surface area contributed by atoms with Crippen LogP contribution in [0.5, 0.6) is 0 Å². The summed E-state index contributed by atoms with van der Waals surface area (Å²) in [5.74, 6) is -0.837. The fourth-order valence-corrected chi connectivity index (χ4v) is 3.17. The molecule has 1 amide bonds. The highest BCUT2D eigenvalue weighted by Crippen LogP contribution is 2.23. The molecule has 1 aromatic carbocycles. The van der Waals surface area contributed by atoms with Gasteiger partial charge in [-0.25, -0.2) is 0 Å². The second kappa shape index (κ2) is 9.10. The van der Waals surface area contributed by atoms with Gasteiger partial charge in [0.25, 0.3) is 0 Å². The summed E-state index contributed by atoms with van der Waals surface area (Å²) in [6.45, 7) is 0. The Morgan fingerprint density at radius 2 is 1.78 bits per heavy atom. The lowest BCUT2D eigenvalue weighted by molar-refractivity contribution is -0.137. The summed E-state index contributed by atoms with van der Waals surface area (Å²) in [5, 5.41) is 13.7. The summed E-state index contributed by atoms with van der Waals surface area (Å²) in [4.78, 5) is 23.7. The van der Waals surface area contributed by atoms with Crippen LogP contribution >= 0.6 is 11.3 Å². The van der Waals surface area contributed by atoms with Crippen LogP contribution in [0.3, 0.4) is 0 Å². The molecule has 122 valence electrons. The number of benzene rings is 1. The van der Waals surface area contributed by atoms with Crippen molar-refractivity contribution in [3.05, 3.63) is 58.3 Å². The van der Waals surface area contributed by atoms with Gasteiger partial charge in [0, 0.05) is 17.7 Å². The minimum absolute atomic E-state index is 0.0234. The molecule has 0 saturated carbocycles. The number of carbonyl (C=O) groups excluding carboxylic acids is 1. The van der Waals surface area contributed by atoms with Crippen molar-refractivity contribution >= 4 is 23.2 Å². The van der Waals surface area contributed by atoms with Crippen molar-refractivity contribution in [1.29, 1.82) is 0 Å². The van der Waals surface area contributed by atoms with Crippen LogP contribution in [0.15, 0.2) is 47.8 Å². The SMILES string of the molecule is O=C(O)CCCCC(=O)NC(Cc1ccccc1)c1cccs1. The molecule has 0 radical (unpaired) electrons. The van der Waals surface area contributed by atoms with Gasteiger partial charge in [0.2, 0.25) is 5.91 Å². The number of carboxylic acid groups (broad SMARTS) is 1. The Labute approximate surface area is 140 Å². The van der Waals surface area contributed by atoms with Crippen LogP contribution in [-0.4, -0.2) is 17.0 Å². The summed E-state index contributed by atoms with van der Waals surface area (Å²) in [5.41, 5.74) is 1.18. The first-order valence-electron chi connectivity index (χ1n) is 7.73. The normalized spacial score (nSPS) is 11.8. The lowest BCUT2D eigenvalue weighted by Gasteiger charge is -2.18. The number of thiophene rings is 1. The number of unbranched alkanes of at least 4 members (excludes halogenated alkanes) is 1. The minimum Gasteiger partial charge on any atom is -0.481 e. The van der Waals surface area contributed by atoms with Crippen molar-refractivity contribution in [1.82, 2.24) is 5.32 Å². The van der Waals surface area contributed by atoms with E-state index in [4.69, 9.17) is 5.11 Å². The number of rotatable bonds is 9. The molecule has 0 aliphatic carbocycles. The molecule has 1 aromatic heterocycles. The van der Waals surface area contributed by atoms with Crippen LogP contribution in [0.25, 0.3) is 0 Å². The van der Waals surface area contributed by atoms with Gasteiger partial charge >= 0.3 is 5.97 Å². The zero-order valence-corrected chi connectivity index (χ0v) is 13.7. The zero-order chi connectivity index (χ0) is 16.5. The predicted octanol–water partition coefficient (Wildman–Crippen LogP) is 3.79. The highest BCUT2D eigenvalue weighted by atomic mass is 32.1. The monoisotopic (exact) mass is 331 g/mol. The molecule has 23 heavy (non-hydrogen) atoms. The molecule has 0 saturated heterocycles. The van der Waals surface area contributed by atoms with Crippen molar-refractivity contribution in [2.75, 3.05) is 0 Å². The van der Waals surface area contributed by atoms with E-state index in [1.54, 1.807) is 11.3 Å². The molecule has 5 heteroatoms. The summed E-state index contributed by atoms with van der Waals surface area (Å²) >= 11 is 1.63. The van der Waals surface area contributed by atoms with Crippen LogP contribution in [0.2, 0.25) is 0 Å². The van der Waals surface area contributed by atoms with Gasteiger partial charge < -0.3 is 10.4 Å². The van der Waals surface area contributed by atoms with E-state index in [1.807, 2.05) is 35.7 Å². The number of carbonyl (C=O) groups is 2. The van der Waals surface area contributed by atoms with E-state index in [0.717, 1.165) is 11.3 Å². The maximum absolute atomic E-state index is 12.1. The minimum atomic E-state index is -0.814. The molecule has 0 spiro atoms. The molecule has 0 bridgehead atoms. The van der Waals surface area contributed by atoms with Crippen LogP contribution in [-0.2, 0) is 16.0 Å². The van der Waals surface area contributed by atoms with Gasteiger partial charge in [-0.1, -0.05) is 36.4 Å². The van der Waals surface area contributed by atoms with Gasteiger partial charge in [-0.2, -0.15) is 0 Å². The fraction of sp³-hybridized carbons (Fsp3) is 0.333. The van der Waals surface area contributed by atoms with Gasteiger partial charge in [-0.05, 0) is 36.3 Å². The van der Waals surface area contributed by atoms with Crippen molar-refractivity contribution in [2.24, 2.45) is 0 Å². The third-order valence-corrected chi connectivity index (χ3v) is 4.53. The van der Waals surface area contributed by atoms with E-state index in [0.29, 0.717) is 19.3 Å².